The number of carbonyl (C=O) groups is 2. The number of rotatable bonds is 5. The molecule has 0 radical (unpaired) electrons. The van der Waals surface area contributed by atoms with Gasteiger partial charge in [0.15, 0.2) is 0 Å². The maximum absolute atomic E-state index is 13.8. The first-order chi connectivity index (χ1) is 18.1. The van der Waals surface area contributed by atoms with Gasteiger partial charge in [-0.05, 0) is 76.6 Å². The number of carbonyl (C=O) groups excluding carboxylic acids is 2. The summed E-state index contributed by atoms with van der Waals surface area (Å²) in [4.78, 5) is 30.7. The number of amides is 2. The second-order valence-electron chi connectivity index (χ2n) is 10.7. The standard InChI is InChI=1S/C28H39N5O3S/c1-2-33-18-19-36-23-12-4-3-8-21(23)9-5-6-13-28(26(33)35)14-16-32(17-15-28)20-24(34)29-27-31-30-25(37-27)22-10-7-11-22/h3-4,8,12,22H,2,5-7,9-11,13-20H2,1H3,(H,29,31,34). The van der Waals surface area contributed by atoms with E-state index in [-0.39, 0.29) is 17.2 Å². The summed E-state index contributed by atoms with van der Waals surface area (Å²) in [5.74, 6) is 1.67. The minimum atomic E-state index is -0.349. The molecule has 1 spiro atoms. The molecule has 2 aliphatic heterocycles. The molecule has 3 aliphatic rings. The highest BCUT2D eigenvalue weighted by atomic mass is 32.1. The van der Waals surface area contributed by atoms with Gasteiger partial charge in [-0.3, -0.25) is 19.8 Å². The van der Waals surface area contributed by atoms with Crippen molar-refractivity contribution in [1.29, 1.82) is 0 Å². The largest absolute Gasteiger partial charge is 0.491 e. The molecule has 2 aromatic rings. The lowest BCUT2D eigenvalue weighted by molar-refractivity contribution is -0.146. The lowest BCUT2D eigenvalue weighted by Crippen LogP contribution is -2.52. The number of aryl methyl sites for hydroxylation is 1. The summed E-state index contributed by atoms with van der Waals surface area (Å²) < 4.78 is 6.10. The van der Waals surface area contributed by atoms with Crippen LogP contribution in [-0.4, -0.2) is 71.1 Å². The van der Waals surface area contributed by atoms with Crippen molar-refractivity contribution in [2.75, 3.05) is 44.6 Å². The van der Waals surface area contributed by atoms with Gasteiger partial charge in [0, 0.05) is 12.5 Å². The van der Waals surface area contributed by atoms with Crippen molar-refractivity contribution in [3.63, 3.8) is 0 Å². The Morgan fingerprint density at radius 3 is 2.68 bits per heavy atom. The minimum absolute atomic E-state index is 0.0525. The monoisotopic (exact) mass is 525 g/mol. The van der Waals surface area contributed by atoms with Gasteiger partial charge in [0.05, 0.1) is 18.5 Å². The number of piperidine rings is 1. The quantitative estimate of drug-likeness (QED) is 0.619. The molecule has 1 aliphatic carbocycles. The van der Waals surface area contributed by atoms with Gasteiger partial charge in [-0.2, -0.15) is 0 Å². The molecule has 3 heterocycles. The van der Waals surface area contributed by atoms with Crippen molar-refractivity contribution in [3.8, 4) is 5.75 Å². The number of fused-ring (bicyclic) bond motifs is 1. The highest BCUT2D eigenvalue weighted by molar-refractivity contribution is 7.15. The first-order valence-corrected chi connectivity index (χ1v) is 14.7. The molecule has 0 atom stereocenters. The summed E-state index contributed by atoms with van der Waals surface area (Å²) in [5, 5.41) is 13.0. The molecule has 2 amide bonds. The van der Waals surface area contributed by atoms with Crippen LogP contribution in [0.5, 0.6) is 5.75 Å². The molecule has 5 rings (SSSR count). The maximum Gasteiger partial charge on any atom is 0.240 e. The average molecular weight is 526 g/mol. The third-order valence-corrected chi connectivity index (χ3v) is 9.39. The van der Waals surface area contributed by atoms with Crippen molar-refractivity contribution in [3.05, 3.63) is 34.8 Å². The van der Waals surface area contributed by atoms with Gasteiger partial charge < -0.3 is 9.64 Å². The van der Waals surface area contributed by atoms with Crippen molar-refractivity contribution in [2.24, 2.45) is 5.41 Å². The first-order valence-electron chi connectivity index (χ1n) is 13.9. The molecular formula is C28H39N5O3S. The summed E-state index contributed by atoms with van der Waals surface area (Å²) in [6.07, 6.45) is 9.10. The van der Waals surface area contributed by atoms with Crippen LogP contribution in [0.1, 0.15) is 74.8 Å². The molecule has 2 fully saturated rings. The molecule has 200 valence electrons. The molecule has 1 saturated carbocycles. The molecule has 1 aromatic carbocycles. The Kier molecular flexibility index (Phi) is 8.39. The second-order valence-corrected chi connectivity index (χ2v) is 11.7. The first kappa shape index (κ1) is 26.1. The summed E-state index contributed by atoms with van der Waals surface area (Å²) in [7, 11) is 0. The van der Waals surface area contributed by atoms with Crippen LogP contribution in [0.2, 0.25) is 0 Å². The lowest BCUT2D eigenvalue weighted by atomic mass is 9.73. The fraction of sp³-hybridized carbons (Fsp3) is 0.643. The number of nitrogens with one attached hydrogen (secondary N) is 1. The van der Waals surface area contributed by atoms with Crippen LogP contribution in [0.15, 0.2) is 24.3 Å². The number of hydrogen-bond acceptors (Lipinski definition) is 7. The number of ether oxygens (including phenoxy) is 1. The number of benzene rings is 1. The minimum Gasteiger partial charge on any atom is -0.491 e. The zero-order chi connectivity index (χ0) is 25.7. The van der Waals surface area contributed by atoms with E-state index >= 15 is 0 Å². The second kappa shape index (κ2) is 11.9. The van der Waals surface area contributed by atoms with Crippen LogP contribution in [0, 0.1) is 5.41 Å². The molecule has 9 heteroatoms. The predicted molar refractivity (Wildman–Crippen MR) is 145 cm³/mol. The Balaban J connectivity index is 1.18. The van der Waals surface area contributed by atoms with Crippen molar-refractivity contribution in [1.82, 2.24) is 20.0 Å². The molecular weight excluding hydrogens is 486 g/mol. The van der Waals surface area contributed by atoms with Gasteiger partial charge in [-0.15, -0.1) is 10.2 Å². The fourth-order valence-corrected chi connectivity index (χ4v) is 6.74. The Morgan fingerprint density at radius 2 is 1.92 bits per heavy atom. The van der Waals surface area contributed by atoms with E-state index in [0.29, 0.717) is 37.3 Å². The van der Waals surface area contributed by atoms with E-state index in [4.69, 9.17) is 4.74 Å². The van der Waals surface area contributed by atoms with Crippen molar-refractivity contribution in [2.45, 2.75) is 70.6 Å². The Labute approximate surface area is 223 Å². The van der Waals surface area contributed by atoms with E-state index in [1.54, 1.807) is 0 Å². The zero-order valence-electron chi connectivity index (χ0n) is 21.9. The molecule has 1 N–H and O–H groups in total. The van der Waals surface area contributed by atoms with E-state index in [2.05, 4.69) is 39.5 Å². The number of nitrogens with zero attached hydrogens (tertiary/aromatic N) is 4. The van der Waals surface area contributed by atoms with Crippen LogP contribution in [0.25, 0.3) is 0 Å². The fourth-order valence-electron chi connectivity index (χ4n) is 5.81. The third-order valence-electron chi connectivity index (χ3n) is 8.39. The molecule has 37 heavy (non-hydrogen) atoms. The van der Waals surface area contributed by atoms with Gasteiger partial charge >= 0.3 is 0 Å². The number of para-hydroxylation sites is 1. The SMILES string of the molecule is CCN1CCOc2ccccc2CCCCC2(CCN(CC(=O)Nc3nnc(C4CCC4)s3)CC2)C1=O. The maximum atomic E-state index is 13.8. The van der Waals surface area contributed by atoms with Crippen LogP contribution in [-0.2, 0) is 16.0 Å². The average Bonchev–Trinajstić information content (AvgIpc) is 3.31. The molecule has 0 unspecified atom stereocenters. The molecule has 1 saturated heterocycles. The summed E-state index contributed by atoms with van der Waals surface area (Å²) in [6.45, 7) is 5.66. The van der Waals surface area contributed by atoms with Gasteiger partial charge in [-0.1, -0.05) is 42.4 Å². The van der Waals surface area contributed by atoms with E-state index in [0.717, 1.165) is 62.4 Å². The smallest absolute Gasteiger partial charge is 0.240 e. The van der Waals surface area contributed by atoms with E-state index in [1.165, 1.54) is 36.2 Å². The normalized spacial score (nSPS) is 21.3. The van der Waals surface area contributed by atoms with Gasteiger partial charge in [0.1, 0.15) is 17.4 Å². The Bertz CT molecular complexity index is 1080. The van der Waals surface area contributed by atoms with Gasteiger partial charge in [0.25, 0.3) is 0 Å². The Morgan fingerprint density at radius 1 is 1.11 bits per heavy atom. The highest BCUT2D eigenvalue weighted by Gasteiger charge is 2.43. The molecule has 0 bridgehead atoms. The highest BCUT2D eigenvalue weighted by Crippen LogP contribution is 2.40. The van der Waals surface area contributed by atoms with Crippen LogP contribution in [0.3, 0.4) is 0 Å². The van der Waals surface area contributed by atoms with Gasteiger partial charge in [-0.25, -0.2) is 0 Å². The van der Waals surface area contributed by atoms with Crippen molar-refractivity contribution >= 4 is 28.3 Å². The predicted octanol–water partition coefficient (Wildman–Crippen LogP) is 4.48. The summed E-state index contributed by atoms with van der Waals surface area (Å²) >= 11 is 1.50. The molecule has 1 aromatic heterocycles. The summed E-state index contributed by atoms with van der Waals surface area (Å²) in [6, 6.07) is 8.27. The van der Waals surface area contributed by atoms with E-state index in [1.807, 2.05) is 17.0 Å². The number of anilines is 1. The summed E-state index contributed by atoms with van der Waals surface area (Å²) in [5.41, 5.74) is 0.904. The zero-order valence-corrected chi connectivity index (χ0v) is 22.7. The van der Waals surface area contributed by atoms with E-state index in [9.17, 15) is 9.59 Å². The van der Waals surface area contributed by atoms with Crippen molar-refractivity contribution < 1.29 is 14.3 Å². The Hall–Kier alpha value is -2.52. The number of likely N-dealkylation sites (tertiary alicyclic amines) is 1. The number of hydrogen-bond donors (Lipinski definition) is 1. The lowest BCUT2D eigenvalue weighted by Gasteiger charge is -2.43. The van der Waals surface area contributed by atoms with Gasteiger partial charge in [0.2, 0.25) is 16.9 Å². The van der Waals surface area contributed by atoms with Crippen LogP contribution >= 0.6 is 11.3 Å². The number of aromatic nitrogens is 2. The topological polar surface area (TPSA) is 87.7 Å². The van der Waals surface area contributed by atoms with Crippen LogP contribution < -0.4 is 10.1 Å². The molecule has 8 nitrogen and oxygen atoms in total. The van der Waals surface area contributed by atoms with Crippen LogP contribution in [0.4, 0.5) is 5.13 Å². The van der Waals surface area contributed by atoms with E-state index < -0.39 is 0 Å². The number of likely N-dealkylation sites (N-methyl/N-ethyl adjacent to an activating group) is 1. The third kappa shape index (κ3) is 6.14.